The van der Waals surface area contributed by atoms with Gasteiger partial charge in [0, 0.05) is 12.7 Å². The molecule has 0 saturated carbocycles. The molecule has 0 amide bonds. The van der Waals surface area contributed by atoms with Gasteiger partial charge in [0.15, 0.2) is 0 Å². The predicted octanol–water partition coefficient (Wildman–Crippen LogP) is 2.96. The summed E-state index contributed by atoms with van der Waals surface area (Å²) in [6.07, 6.45) is 3.44. The number of furan rings is 1. The summed E-state index contributed by atoms with van der Waals surface area (Å²) in [5, 5.41) is 4.00. The first kappa shape index (κ1) is 11.0. The van der Waals surface area contributed by atoms with Gasteiger partial charge in [0.2, 0.25) is 5.95 Å². The van der Waals surface area contributed by atoms with E-state index in [1.54, 1.807) is 24.2 Å². The number of anilines is 1. The van der Waals surface area contributed by atoms with E-state index in [0.717, 1.165) is 22.2 Å². The average molecular weight is 235 g/mol. The van der Waals surface area contributed by atoms with E-state index in [1.807, 2.05) is 26.0 Å². The number of nitrogens with one attached hydrogen (secondary N) is 1. The molecule has 0 radical (unpaired) electrons. The van der Waals surface area contributed by atoms with Gasteiger partial charge in [-0.3, -0.25) is 0 Å². The molecule has 0 aliphatic carbocycles. The van der Waals surface area contributed by atoms with E-state index in [4.69, 9.17) is 4.42 Å². The lowest BCUT2D eigenvalue weighted by atomic mass is 10.5. The largest absolute Gasteiger partial charge is 0.468 e. The lowest BCUT2D eigenvalue weighted by molar-refractivity contribution is 0.527. The standard InChI is InChI=1S/C11H13N3OS/c1-3-12-11-13-6-4-10(14-11)16-9-5-7-15-8(9)2/h4-7H,3H2,1-2H3,(H,12,13,14). The lowest BCUT2D eigenvalue weighted by Crippen LogP contribution is -2.01. The maximum Gasteiger partial charge on any atom is 0.223 e. The Kier molecular flexibility index (Phi) is 3.46. The highest BCUT2D eigenvalue weighted by Gasteiger charge is 2.05. The maximum atomic E-state index is 5.23. The van der Waals surface area contributed by atoms with Crippen molar-refractivity contribution in [2.24, 2.45) is 0 Å². The van der Waals surface area contributed by atoms with Gasteiger partial charge in [0.05, 0.1) is 11.2 Å². The van der Waals surface area contributed by atoms with Crippen molar-refractivity contribution < 1.29 is 4.42 Å². The molecule has 0 unspecified atom stereocenters. The van der Waals surface area contributed by atoms with Crippen LogP contribution in [0.4, 0.5) is 5.95 Å². The molecule has 2 rings (SSSR count). The molecule has 0 atom stereocenters. The average Bonchev–Trinajstić information content (AvgIpc) is 2.66. The summed E-state index contributed by atoms with van der Waals surface area (Å²) in [7, 11) is 0. The Morgan fingerprint density at radius 2 is 2.31 bits per heavy atom. The zero-order chi connectivity index (χ0) is 11.4. The van der Waals surface area contributed by atoms with Crippen molar-refractivity contribution in [2.75, 3.05) is 11.9 Å². The molecular weight excluding hydrogens is 222 g/mol. The third-order valence-electron chi connectivity index (χ3n) is 1.99. The van der Waals surface area contributed by atoms with Crippen LogP contribution < -0.4 is 5.32 Å². The first-order valence-electron chi connectivity index (χ1n) is 5.08. The van der Waals surface area contributed by atoms with Crippen LogP contribution in [-0.2, 0) is 0 Å². The minimum atomic E-state index is 0.661. The second-order valence-corrected chi connectivity index (χ2v) is 4.25. The molecule has 84 valence electrons. The van der Waals surface area contributed by atoms with Crippen LogP contribution in [0.1, 0.15) is 12.7 Å². The fourth-order valence-electron chi connectivity index (χ4n) is 1.23. The van der Waals surface area contributed by atoms with Crippen LogP contribution >= 0.6 is 11.8 Å². The molecule has 0 aliphatic rings. The molecule has 0 saturated heterocycles. The highest BCUT2D eigenvalue weighted by atomic mass is 32.2. The van der Waals surface area contributed by atoms with Crippen LogP contribution in [0.3, 0.4) is 0 Å². The third kappa shape index (κ3) is 2.55. The predicted molar refractivity (Wildman–Crippen MR) is 63.8 cm³/mol. The van der Waals surface area contributed by atoms with Gasteiger partial charge >= 0.3 is 0 Å². The van der Waals surface area contributed by atoms with Gasteiger partial charge in [0.1, 0.15) is 10.8 Å². The Balaban J connectivity index is 2.15. The van der Waals surface area contributed by atoms with Crippen LogP contribution in [0.25, 0.3) is 0 Å². The number of hydrogen-bond donors (Lipinski definition) is 1. The zero-order valence-electron chi connectivity index (χ0n) is 9.23. The van der Waals surface area contributed by atoms with Gasteiger partial charge in [-0.15, -0.1) is 0 Å². The highest BCUT2D eigenvalue weighted by molar-refractivity contribution is 7.99. The van der Waals surface area contributed by atoms with Crippen LogP contribution in [-0.4, -0.2) is 16.5 Å². The number of aromatic nitrogens is 2. The van der Waals surface area contributed by atoms with E-state index in [-0.39, 0.29) is 0 Å². The van der Waals surface area contributed by atoms with Crippen molar-refractivity contribution in [1.29, 1.82) is 0 Å². The first-order chi connectivity index (χ1) is 7.79. The monoisotopic (exact) mass is 235 g/mol. The Bertz CT molecular complexity index is 470. The summed E-state index contributed by atoms with van der Waals surface area (Å²) < 4.78 is 5.23. The Morgan fingerprint density at radius 3 is 3.00 bits per heavy atom. The van der Waals surface area contributed by atoms with E-state index in [9.17, 15) is 0 Å². The quantitative estimate of drug-likeness (QED) is 0.826. The first-order valence-corrected chi connectivity index (χ1v) is 5.90. The van der Waals surface area contributed by atoms with Crippen LogP contribution in [0.15, 0.2) is 38.9 Å². The fourth-order valence-corrected chi connectivity index (χ4v) is 2.04. The summed E-state index contributed by atoms with van der Waals surface area (Å²) in [6.45, 7) is 4.77. The second kappa shape index (κ2) is 5.03. The van der Waals surface area contributed by atoms with Gasteiger partial charge in [0.25, 0.3) is 0 Å². The normalized spacial score (nSPS) is 10.4. The molecule has 0 spiro atoms. The van der Waals surface area contributed by atoms with E-state index < -0.39 is 0 Å². The third-order valence-corrected chi connectivity index (χ3v) is 3.07. The Morgan fingerprint density at radius 1 is 1.44 bits per heavy atom. The fraction of sp³-hybridized carbons (Fsp3) is 0.273. The summed E-state index contributed by atoms with van der Waals surface area (Å²) in [5.41, 5.74) is 0. The van der Waals surface area contributed by atoms with Crippen molar-refractivity contribution >= 4 is 17.7 Å². The molecule has 2 aromatic heterocycles. The number of aryl methyl sites for hydroxylation is 1. The molecule has 2 heterocycles. The lowest BCUT2D eigenvalue weighted by Gasteiger charge is -2.03. The molecule has 2 aromatic rings. The van der Waals surface area contributed by atoms with Crippen LogP contribution in [0, 0.1) is 6.92 Å². The Labute approximate surface area is 98.5 Å². The van der Waals surface area contributed by atoms with Crippen molar-refractivity contribution in [2.45, 2.75) is 23.8 Å². The van der Waals surface area contributed by atoms with Crippen molar-refractivity contribution in [3.05, 3.63) is 30.4 Å². The van der Waals surface area contributed by atoms with Crippen molar-refractivity contribution in [3.8, 4) is 0 Å². The second-order valence-electron chi connectivity index (χ2n) is 3.19. The molecule has 16 heavy (non-hydrogen) atoms. The number of nitrogens with zero attached hydrogens (tertiary/aromatic N) is 2. The van der Waals surface area contributed by atoms with Gasteiger partial charge in [-0.25, -0.2) is 9.97 Å². The summed E-state index contributed by atoms with van der Waals surface area (Å²) in [6, 6.07) is 3.83. The summed E-state index contributed by atoms with van der Waals surface area (Å²) in [4.78, 5) is 9.58. The SMILES string of the molecule is CCNc1nccc(Sc2ccoc2C)n1. The van der Waals surface area contributed by atoms with Gasteiger partial charge in [-0.05, 0) is 26.0 Å². The van der Waals surface area contributed by atoms with Crippen LogP contribution in [0.2, 0.25) is 0 Å². The highest BCUT2D eigenvalue weighted by Crippen LogP contribution is 2.29. The van der Waals surface area contributed by atoms with Gasteiger partial charge in [-0.1, -0.05) is 11.8 Å². The van der Waals surface area contributed by atoms with Gasteiger partial charge in [-0.2, -0.15) is 0 Å². The molecule has 5 heteroatoms. The molecule has 0 aliphatic heterocycles. The maximum absolute atomic E-state index is 5.23. The van der Waals surface area contributed by atoms with E-state index in [0.29, 0.717) is 5.95 Å². The zero-order valence-corrected chi connectivity index (χ0v) is 10.0. The smallest absolute Gasteiger partial charge is 0.223 e. The minimum absolute atomic E-state index is 0.661. The van der Waals surface area contributed by atoms with Crippen molar-refractivity contribution in [3.63, 3.8) is 0 Å². The Hall–Kier alpha value is -1.49. The minimum Gasteiger partial charge on any atom is -0.468 e. The molecule has 4 nitrogen and oxygen atoms in total. The van der Waals surface area contributed by atoms with E-state index >= 15 is 0 Å². The van der Waals surface area contributed by atoms with E-state index in [2.05, 4.69) is 15.3 Å². The summed E-state index contributed by atoms with van der Waals surface area (Å²) >= 11 is 1.58. The topological polar surface area (TPSA) is 51.0 Å². The van der Waals surface area contributed by atoms with E-state index in [1.165, 1.54) is 0 Å². The number of rotatable bonds is 4. The van der Waals surface area contributed by atoms with Gasteiger partial charge < -0.3 is 9.73 Å². The molecular formula is C11H13N3OS. The molecule has 1 N–H and O–H groups in total. The van der Waals surface area contributed by atoms with Crippen molar-refractivity contribution in [1.82, 2.24) is 9.97 Å². The molecule has 0 aromatic carbocycles. The number of hydrogen-bond acceptors (Lipinski definition) is 5. The molecule has 0 bridgehead atoms. The summed E-state index contributed by atoms with van der Waals surface area (Å²) in [5.74, 6) is 1.57. The van der Waals surface area contributed by atoms with Crippen LogP contribution in [0.5, 0.6) is 0 Å². The molecule has 0 fully saturated rings.